The summed E-state index contributed by atoms with van der Waals surface area (Å²) >= 11 is 0. The van der Waals surface area contributed by atoms with Crippen LogP contribution in [0.1, 0.15) is 12.8 Å². The molecule has 106 valence electrons. The van der Waals surface area contributed by atoms with Gasteiger partial charge in [-0.3, -0.25) is 9.59 Å². The van der Waals surface area contributed by atoms with Crippen molar-refractivity contribution in [3.05, 3.63) is 55.6 Å². The van der Waals surface area contributed by atoms with Crippen molar-refractivity contribution in [2.75, 3.05) is 11.4 Å². The SMILES string of the molecule is C=CCC(CC=C)C(=O)N(CC(=O)O)c1ccccc1. The Hall–Kier alpha value is -2.36. The smallest absolute Gasteiger partial charge is 0.323 e. The van der Waals surface area contributed by atoms with Gasteiger partial charge in [-0.15, -0.1) is 13.2 Å². The van der Waals surface area contributed by atoms with Gasteiger partial charge in [0.2, 0.25) is 5.91 Å². The molecule has 0 aliphatic carbocycles. The molecule has 0 atom stereocenters. The van der Waals surface area contributed by atoms with Gasteiger partial charge < -0.3 is 10.0 Å². The molecule has 0 heterocycles. The van der Waals surface area contributed by atoms with E-state index < -0.39 is 5.97 Å². The summed E-state index contributed by atoms with van der Waals surface area (Å²) in [5, 5.41) is 9.00. The Morgan fingerprint density at radius 3 is 2.15 bits per heavy atom. The number of aliphatic carboxylic acids is 1. The molecule has 1 aromatic rings. The first-order valence-electron chi connectivity index (χ1n) is 6.40. The summed E-state index contributed by atoms with van der Waals surface area (Å²) in [7, 11) is 0. The molecule has 0 spiro atoms. The van der Waals surface area contributed by atoms with Crippen molar-refractivity contribution in [3.8, 4) is 0 Å². The molecule has 0 saturated carbocycles. The van der Waals surface area contributed by atoms with E-state index >= 15 is 0 Å². The summed E-state index contributed by atoms with van der Waals surface area (Å²) in [4.78, 5) is 24.8. The molecule has 0 saturated heterocycles. The second-order valence-electron chi connectivity index (χ2n) is 4.40. The normalized spacial score (nSPS) is 10.1. The molecule has 0 fully saturated rings. The van der Waals surface area contributed by atoms with Crippen LogP contribution in [0.3, 0.4) is 0 Å². The van der Waals surface area contributed by atoms with Gasteiger partial charge >= 0.3 is 5.97 Å². The van der Waals surface area contributed by atoms with Crippen LogP contribution in [0.5, 0.6) is 0 Å². The highest BCUT2D eigenvalue weighted by atomic mass is 16.4. The molecule has 20 heavy (non-hydrogen) atoms. The van der Waals surface area contributed by atoms with Gasteiger partial charge in [-0.05, 0) is 25.0 Å². The zero-order valence-corrected chi connectivity index (χ0v) is 11.4. The molecule has 0 aliphatic rings. The Morgan fingerprint density at radius 2 is 1.70 bits per heavy atom. The first kappa shape index (κ1) is 15.7. The van der Waals surface area contributed by atoms with Crippen LogP contribution in [0.15, 0.2) is 55.6 Å². The number of hydrogen-bond acceptors (Lipinski definition) is 2. The lowest BCUT2D eigenvalue weighted by atomic mass is 9.99. The van der Waals surface area contributed by atoms with Crippen molar-refractivity contribution in [1.29, 1.82) is 0 Å². The number of carboxylic acids is 1. The Kier molecular flexibility index (Phi) is 6.23. The number of rotatable bonds is 8. The predicted molar refractivity (Wildman–Crippen MR) is 79.5 cm³/mol. The maximum absolute atomic E-state index is 12.5. The van der Waals surface area contributed by atoms with Crippen LogP contribution < -0.4 is 4.90 Å². The van der Waals surface area contributed by atoms with Crippen molar-refractivity contribution >= 4 is 17.6 Å². The fraction of sp³-hybridized carbons (Fsp3) is 0.250. The van der Waals surface area contributed by atoms with Gasteiger partial charge in [0.15, 0.2) is 0 Å². The topological polar surface area (TPSA) is 57.6 Å². The molecular formula is C16H19NO3. The Morgan fingerprint density at radius 1 is 1.15 bits per heavy atom. The summed E-state index contributed by atoms with van der Waals surface area (Å²) in [6, 6.07) is 8.80. The number of allylic oxidation sites excluding steroid dienone is 2. The number of carbonyl (C=O) groups is 2. The van der Waals surface area contributed by atoms with E-state index in [0.717, 1.165) is 0 Å². The Labute approximate surface area is 119 Å². The summed E-state index contributed by atoms with van der Waals surface area (Å²) in [5.41, 5.74) is 0.582. The molecule has 0 aromatic heterocycles. The fourth-order valence-electron chi connectivity index (χ4n) is 1.96. The number of hydrogen-bond donors (Lipinski definition) is 1. The molecule has 0 unspecified atom stereocenters. The van der Waals surface area contributed by atoms with E-state index in [-0.39, 0.29) is 18.4 Å². The van der Waals surface area contributed by atoms with E-state index in [1.54, 1.807) is 36.4 Å². The van der Waals surface area contributed by atoms with Crippen molar-refractivity contribution in [2.24, 2.45) is 5.92 Å². The Balaban J connectivity index is 3.02. The average molecular weight is 273 g/mol. The molecule has 1 rings (SSSR count). The summed E-state index contributed by atoms with van der Waals surface area (Å²) in [6.45, 7) is 6.92. The van der Waals surface area contributed by atoms with E-state index in [0.29, 0.717) is 18.5 Å². The van der Waals surface area contributed by atoms with Gasteiger partial charge in [-0.1, -0.05) is 30.4 Å². The molecule has 0 bridgehead atoms. The number of carboxylic acid groups (broad SMARTS) is 1. The quantitative estimate of drug-likeness (QED) is 0.741. The predicted octanol–water partition coefficient (Wildman–Crippen LogP) is 2.87. The zero-order chi connectivity index (χ0) is 15.0. The highest BCUT2D eigenvalue weighted by molar-refractivity contribution is 5.98. The molecule has 4 nitrogen and oxygen atoms in total. The highest BCUT2D eigenvalue weighted by Gasteiger charge is 2.25. The van der Waals surface area contributed by atoms with Gasteiger partial charge in [-0.2, -0.15) is 0 Å². The highest BCUT2D eigenvalue weighted by Crippen LogP contribution is 2.20. The second-order valence-corrected chi connectivity index (χ2v) is 4.40. The minimum atomic E-state index is -1.04. The van der Waals surface area contributed by atoms with Crippen molar-refractivity contribution in [1.82, 2.24) is 0 Å². The lowest BCUT2D eigenvalue weighted by Gasteiger charge is -2.25. The summed E-state index contributed by atoms with van der Waals surface area (Å²) in [6.07, 6.45) is 4.31. The zero-order valence-electron chi connectivity index (χ0n) is 11.4. The molecular weight excluding hydrogens is 254 g/mol. The van der Waals surface area contributed by atoms with E-state index in [4.69, 9.17) is 5.11 Å². The standard InChI is InChI=1S/C16H19NO3/c1-3-8-13(9-4-2)16(20)17(12-15(18)19)14-10-6-5-7-11-14/h3-7,10-11,13H,1-2,8-9,12H2,(H,18,19). The molecule has 1 aromatic carbocycles. The first-order valence-corrected chi connectivity index (χ1v) is 6.40. The van der Waals surface area contributed by atoms with Crippen LogP contribution in [0.4, 0.5) is 5.69 Å². The van der Waals surface area contributed by atoms with E-state index in [1.807, 2.05) is 6.07 Å². The second kappa shape index (κ2) is 7.94. The number of carbonyl (C=O) groups excluding carboxylic acids is 1. The lowest BCUT2D eigenvalue weighted by molar-refractivity contribution is -0.137. The fourth-order valence-corrected chi connectivity index (χ4v) is 1.96. The maximum atomic E-state index is 12.5. The first-order chi connectivity index (χ1) is 9.60. The minimum absolute atomic E-state index is 0.224. The van der Waals surface area contributed by atoms with E-state index in [2.05, 4.69) is 13.2 Å². The van der Waals surface area contributed by atoms with Crippen LogP contribution in [0, 0.1) is 5.92 Å². The number of para-hydroxylation sites is 1. The monoisotopic (exact) mass is 273 g/mol. The number of nitrogens with zero attached hydrogens (tertiary/aromatic N) is 1. The van der Waals surface area contributed by atoms with Crippen LogP contribution in [-0.4, -0.2) is 23.5 Å². The average Bonchev–Trinajstić information content (AvgIpc) is 2.44. The van der Waals surface area contributed by atoms with Gasteiger partial charge in [-0.25, -0.2) is 0 Å². The lowest BCUT2D eigenvalue weighted by Crippen LogP contribution is -2.39. The van der Waals surface area contributed by atoms with Gasteiger partial charge in [0.1, 0.15) is 6.54 Å². The van der Waals surface area contributed by atoms with Crippen LogP contribution in [-0.2, 0) is 9.59 Å². The third kappa shape index (κ3) is 4.39. The third-order valence-electron chi connectivity index (χ3n) is 2.88. The van der Waals surface area contributed by atoms with E-state index in [9.17, 15) is 9.59 Å². The summed E-state index contributed by atoms with van der Waals surface area (Å²) < 4.78 is 0. The Bertz CT molecular complexity index is 472. The van der Waals surface area contributed by atoms with Crippen molar-refractivity contribution < 1.29 is 14.7 Å². The third-order valence-corrected chi connectivity index (χ3v) is 2.88. The molecule has 0 radical (unpaired) electrons. The van der Waals surface area contributed by atoms with Crippen LogP contribution in [0.25, 0.3) is 0 Å². The minimum Gasteiger partial charge on any atom is -0.480 e. The number of anilines is 1. The summed E-state index contributed by atoms with van der Waals surface area (Å²) in [5.74, 6) is -1.60. The van der Waals surface area contributed by atoms with Gasteiger partial charge in [0, 0.05) is 11.6 Å². The molecule has 1 N–H and O–H groups in total. The van der Waals surface area contributed by atoms with Crippen LogP contribution >= 0.6 is 0 Å². The van der Waals surface area contributed by atoms with Gasteiger partial charge in [0.05, 0.1) is 0 Å². The van der Waals surface area contributed by atoms with Crippen molar-refractivity contribution in [2.45, 2.75) is 12.8 Å². The van der Waals surface area contributed by atoms with Gasteiger partial charge in [0.25, 0.3) is 0 Å². The van der Waals surface area contributed by atoms with E-state index in [1.165, 1.54) is 4.90 Å². The largest absolute Gasteiger partial charge is 0.480 e. The molecule has 1 amide bonds. The number of amides is 1. The van der Waals surface area contributed by atoms with Crippen molar-refractivity contribution in [3.63, 3.8) is 0 Å². The molecule has 0 aliphatic heterocycles. The molecule has 4 heteroatoms. The van der Waals surface area contributed by atoms with Crippen LogP contribution in [0.2, 0.25) is 0 Å². The maximum Gasteiger partial charge on any atom is 0.323 e. The number of benzene rings is 1.